The fourth-order valence-electron chi connectivity index (χ4n) is 2.37. The first kappa shape index (κ1) is 14.1. The highest BCUT2D eigenvalue weighted by Crippen LogP contribution is 2.18. The predicted octanol–water partition coefficient (Wildman–Crippen LogP) is 1.77. The van der Waals surface area contributed by atoms with Crippen molar-refractivity contribution >= 4 is 16.7 Å². The molecule has 112 valence electrons. The lowest BCUT2D eigenvalue weighted by Crippen LogP contribution is -2.25. The second kappa shape index (κ2) is 5.18. The normalized spacial score (nSPS) is 11.0. The van der Waals surface area contributed by atoms with Crippen LogP contribution in [0.25, 0.3) is 16.7 Å². The van der Waals surface area contributed by atoms with E-state index in [2.05, 4.69) is 15.0 Å². The number of benzene rings is 1. The van der Waals surface area contributed by atoms with E-state index in [0.29, 0.717) is 23.6 Å². The summed E-state index contributed by atoms with van der Waals surface area (Å²) in [5.74, 6) is 0.476. The molecular weight excluding hydrogens is 285 g/mol. The van der Waals surface area contributed by atoms with Crippen LogP contribution in [0.5, 0.6) is 0 Å². The third-order valence-electron chi connectivity index (χ3n) is 3.46. The highest BCUT2D eigenvalue weighted by Gasteiger charge is 2.16. The van der Waals surface area contributed by atoms with E-state index in [1.165, 1.54) is 23.0 Å². The van der Waals surface area contributed by atoms with E-state index in [0.717, 1.165) is 0 Å². The van der Waals surface area contributed by atoms with Crippen LogP contribution in [-0.4, -0.2) is 19.5 Å². The topological polar surface area (TPSA) is 86.7 Å². The zero-order valence-electron chi connectivity index (χ0n) is 12.2. The number of rotatable bonds is 2. The Balaban J connectivity index is 2.44. The van der Waals surface area contributed by atoms with E-state index >= 15 is 0 Å². The summed E-state index contributed by atoms with van der Waals surface area (Å²) in [6.45, 7) is 3.58. The van der Waals surface area contributed by atoms with Crippen LogP contribution in [0.3, 0.4) is 0 Å². The maximum Gasteiger partial charge on any atom is 0.267 e. The third kappa shape index (κ3) is 2.11. The Hall–Kier alpha value is -2.83. The molecule has 0 atom stereocenters. The molecule has 0 saturated carbocycles. The molecule has 0 fully saturated rings. The zero-order valence-corrected chi connectivity index (χ0v) is 12.2. The summed E-state index contributed by atoms with van der Waals surface area (Å²) in [6, 6.07) is 2.88. The second-order valence-corrected chi connectivity index (χ2v) is 4.91. The van der Waals surface area contributed by atoms with Gasteiger partial charge in [-0.2, -0.15) is 0 Å². The van der Waals surface area contributed by atoms with Crippen LogP contribution < -0.4 is 11.3 Å². The largest absolute Gasteiger partial charge is 0.382 e. The standard InChI is InChI=1S/C15H14FN5O/c1-3-11-20-14-9(16)5-4-8(2)13(14)15(22)21(11)12-7-18-10(17)6-19-12/h4-7H,3H2,1-2H3,(H2,17,18). The average molecular weight is 299 g/mol. The van der Waals surface area contributed by atoms with Crippen molar-refractivity contribution in [3.8, 4) is 5.82 Å². The summed E-state index contributed by atoms with van der Waals surface area (Å²) in [4.78, 5) is 25.2. The summed E-state index contributed by atoms with van der Waals surface area (Å²) in [6.07, 6.45) is 3.21. The summed E-state index contributed by atoms with van der Waals surface area (Å²) >= 11 is 0. The van der Waals surface area contributed by atoms with E-state index in [1.807, 2.05) is 6.92 Å². The van der Waals surface area contributed by atoms with Gasteiger partial charge in [0.05, 0.1) is 17.8 Å². The Morgan fingerprint density at radius 2 is 2.05 bits per heavy atom. The molecule has 0 aliphatic heterocycles. The van der Waals surface area contributed by atoms with Crippen molar-refractivity contribution in [1.29, 1.82) is 0 Å². The van der Waals surface area contributed by atoms with Gasteiger partial charge in [-0.1, -0.05) is 13.0 Å². The fraction of sp³-hybridized carbons (Fsp3) is 0.200. The molecular formula is C15H14FN5O. The molecule has 2 aromatic heterocycles. The van der Waals surface area contributed by atoms with Gasteiger partial charge in [-0.05, 0) is 18.6 Å². The van der Waals surface area contributed by atoms with Gasteiger partial charge in [-0.3, -0.25) is 4.79 Å². The molecule has 0 saturated heterocycles. The second-order valence-electron chi connectivity index (χ2n) is 4.91. The molecule has 0 radical (unpaired) electrons. The van der Waals surface area contributed by atoms with Gasteiger partial charge in [0.1, 0.15) is 23.0 Å². The van der Waals surface area contributed by atoms with Crippen LogP contribution in [-0.2, 0) is 6.42 Å². The molecule has 0 bridgehead atoms. The number of anilines is 1. The number of aromatic nitrogens is 4. The molecule has 3 aromatic rings. The summed E-state index contributed by atoms with van der Waals surface area (Å²) in [7, 11) is 0. The van der Waals surface area contributed by atoms with Gasteiger partial charge in [0.25, 0.3) is 5.56 Å². The third-order valence-corrected chi connectivity index (χ3v) is 3.46. The van der Waals surface area contributed by atoms with Crippen LogP contribution in [0.1, 0.15) is 18.3 Å². The molecule has 0 aliphatic rings. The van der Waals surface area contributed by atoms with Gasteiger partial charge in [0, 0.05) is 6.42 Å². The van der Waals surface area contributed by atoms with Gasteiger partial charge in [0.2, 0.25) is 0 Å². The minimum Gasteiger partial charge on any atom is -0.382 e. The number of nitrogen functional groups attached to an aromatic ring is 1. The van der Waals surface area contributed by atoms with Gasteiger partial charge < -0.3 is 5.73 Å². The van der Waals surface area contributed by atoms with Crippen LogP contribution in [0.2, 0.25) is 0 Å². The summed E-state index contributed by atoms with van der Waals surface area (Å²) < 4.78 is 15.3. The van der Waals surface area contributed by atoms with Crippen molar-refractivity contribution in [3.63, 3.8) is 0 Å². The highest BCUT2D eigenvalue weighted by molar-refractivity contribution is 5.82. The Labute approximate surface area is 125 Å². The first-order valence-electron chi connectivity index (χ1n) is 6.81. The lowest BCUT2D eigenvalue weighted by molar-refractivity contribution is 0.633. The smallest absolute Gasteiger partial charge is 0.267 e. The van der Waals surface area contributed by atoms with Gasteiger partial charge in [-0.25, -0.2) is 23.9 Å². The van der Waals surface area contributed by atoms with Crippen LogP contribution in [0.15, 0.2) is 29.3 Å². The van der Waals surface area contributed by atoms with E-state index in [9.17, 15) is 9.18 Å². The molecule has 2 heterocycles. The minimum absolute atomic E-state index is 0.0847. The SMILES string of the molecule is CCc1nc2c(F)ccc(C)c2c(=O)n1-c1cnc(N)cn1. The van der Waals surface area contributed by atoms with E-state index in [1.54, 1.807) is 13.0 Å². The van der Waals surface area contributed by atoms with Gasteiger partial charge >= 0.3 is 0 Å². The van der Waals surface area contributed by atoms with E-state index < -0.39 is 5.82 Å². The van der Waals surface area contributed by atoms with Crippen molar-refractivity contribution in [3.05, 3.63) is 52.1 Å². The van der Waals surface area contributed by atoms with Crippen LogP contribution in [0.4, 0.5) is 10.2 Å². The molecule has 0 amide bonds. The number of fused-ring (bicyclic) bond motifs is 1. The number of hydrogen-bond donors (Lipinski definition) is 1. The lowest BCUT2D eigenvalue weighted by Gasteiger charge is -2.12. The Kier molecular flexibility index (Phi) is 3.32. The fourth-order valence-corrected chi connectivity index (χ4v) is 2.37. The molecule has 0 aliphatic carbocycles. The maximum absolute atomic E-state index is 14.0. The first-order chi connectivity index (χ1) is 10.5. The first-order valence-corrected chi connectivity index (χ1v) is 6.81. The Morgan fingerprint density at radius 1 is 1.27 bits per heavy atom. The Bertz CT molecular complexity index is 918. The summed E-state index contributed by atoms with van der Waals surface area (Å²) in [5.41, 5.74) is 5.90. The maximum atomic E-state index is 14.0. The molecule has 2 N–H and O–H groups in total. The number of hydrogen-bond acceptors (Lipinski definition) is 5. The van der Waals surface area contributed by atoms with Crippen molar-refractivity contribution in [1.82, 2.24) is 19.5 Å². The molecule has 1 aromatic carbocycles. The number of aryl methyl sites for hydroxylation is 2. The van der Waals surface area contributed by atoms with Crippen LogP contribution >= 0.6 is 0 Å². The number of nitrogens with two attached hydrogens (primary N) is 1. The molecule has 3 rings (SSSR count). The van der Waals surface area contributed by atoms with Gasteiger partial charge in [0.15, 0.2) is 5.82 Å². The van der Waals surface area contributed by atoms with E-state index in [-0.39, 0.29) is 22.3 Å². The molecule has 0 unspecified atom stereocenters. The molecule has 22 heavy (non-hydrogen) atoms. The minimum atomic E-state index is -0.511. The highest BCUT2D eigenvalue weighted by atomic mass is 19.1. The van der Waals surface area contributed by atoms with E-state index in [4.69, 9.17) is 5.73 Å². The van der Waals surface area contributed by atoms with Crippen molar-refractivity contribution in [2.45, 2.75) is 20.3 Å². The van der Waals surface area contributed by atoms with Crippen molar-refractivity contribution in [2.75, 3.05) is 5.73 Å². The quantitative estimate of drug-likeness (QED) is 0.779. The number of halogens is 1. The lowest BCUT2D eigenvalue weighted by atomic mass is 10.1. The summed E-state index contributed by atoms with van der Waals surface area (Å²) in [5, 5.41) is 0.246. The van der Waals surface area contributed by atoms with Crippen LogP contribution in [0, 0.1) is 12.7 Å². The molecule has 6 nitrogen and oxygen atoms in total. The predicted molar refractivity (Wildman–Crippen MR) is 81.4 cm³/mol. The average Bonchev–Trinajstić information content (AvgIpc) is 2.51. The number of nitrogens with zero attached hydrogens (tertiary/aromatic N) is 4. The molecule has 7 heteroatoms. The monoisotopic (exact) mass is 299 g/mol. The Morgan fingerprint density at radius 3 is 2.68 bits per heavy atom. The zero-order chi connectivity index (χ0) is 15.9. The molecule has 0 spiro atoms. The van der Waals surface area contributed by atoms with Crippen molar-refractivity contribution in [2.24, 2.45) is 0 Å². The van der Waals surface area contributed by atoms with Gasteiger partial charge in [-0.15, -0.1) is 0 Å². The van der Waals surface area contributed by atoms with Crippen molar-refractivity contribution < 1.29 is 4.39 Å².